The summed E-state index contributed by atoms with van der Waals surface area (Å²) >= 11 is 0. The number of rotatable bonds is 7. The van der Waals surface area contributed by atoms with Gasteiger partial charge in [0, 0.05) is 30.9 Å². The molecule has 1 N–H and O–H groups in total. The number of amides is 1. The summed E-state index contributed by atoms with van der Waals surface area (Å²) in [4.78, 5) is 20.8. The molecule has 4 rings (SSSR count). The van der Waals surface area contributed by atoms with Gasteiger partial charge < -0.3 is 5.32 Å². The van der Waals surface area contributed by atoms with Gasteiger partial charge in [0.2, 0.25) is 15.9 Å². The number of anilines is 1. The number of hydrogen-bond acceptors (Lipinski definition) is 6. The maximum atomic E-state index is 12.7. The molecule has 2 aromatic heterocycles. The molecule has 0 spiro atoms. The smallest absolute Gasteiger partial charge is 0.252 e. The minimum absolute atomic E-state index is 0.0815. The summed E-state index contributed by atoms with van der Waals surface area (Å²) in [6.45, 7) is 4.34. The monoisotopic (exact) mass is 428 g/mol. The molecule has 0 aliphatic carbocycles. The second kappa shape index (κ2) is 8.02. The summed E-state index contributed by atoms with van der Waals surface area (Å²) in [6, 6.07) is 7.52. The largest absolute Gasteiger partial charge is 0.355 e. The third-order valence-corrected chi connectivity index (χ3v) is 7.22. The van der Waals surface area contributed by atoms with Crippen molar-refractivity contribution in [2.24, 2.45) is 0 Å². The van der Waals surface area contributed by atoms with Crippen LogP contribution < -0.4 is 9.62 Å². The Kier molecular flexibility index (Phi) is 5.42. The Morgan fingerprint density at radius 2 is 2.03 bits per heavy atom. The van der Waals surface area contributed by atoms with Crippen LogP contribution in [0.5, 0.6) is 0 Å². The highest BCUT2D eigenvalue weighted by Gasteiger charge is 2.28. The van der Waals surface area contributed by atoms with Crippen LogP contribution >= 0.6 is 0 Å². The molecule has 9 nitrogen and oxygen atoms in total. The zero-order valence-corrected chi connectivity index (χ0v) is 17.8. The average molecular weight is 429 g/mol. The molecule has 0 saturated carbocycles. The van der Waals surface area contributed by atoms with Gasteiger partial charge in [0.25, 0.3) is 5.78 Å². The predicted octanol–water partition coefficient (Wildman–Crippen LogP) is 1.18. The number of nitrogens with one attached hydrogen (secondary N) is 1. The van der Waals surface area contributed by atoms with Crippen LogP contribution in [-0.4, -0.2) is 52.7 Å². The molecule has 1 aliphatic rings. The number of carbonyl (C=O) groups is 1. The molecule has 0 saturated heterocycles. The van der Waals surface area contributed by atoms with E-state index in [2.05, 4.69) is 20.4 Å². The Morgan fingerprint density at radius 1 is 1.23 bits per heavy atom. The zero-order chi connectivity index (χ0) is 21.3. The Hall–Kier alpha value is -3.01. The van der Waals surface area contributed by atoms with Crippen LogP contribution in [0.2, 0.25) is 0 Å². The lowest BCUT2D eigenvalue weighted by molar-refractivity contribution is -0.120. The highest BCUT2D eigenvalue weighted by Crippen LogP contribution is 2.29. The summed E-state index contributed by atoms with van der Waals surface area (Å²) in [5.41, 5.74) is 4.44. The molecule has 3 aromatic rings. The van der Waals surface area contributed by atoms with E-state index in [0.717, 1.165) is 28.2 Å². The standard InChI is InChI=1S/C20H24N6O3S/c1-14-17(15(2)26-20(24-14)22-13-23-26)7-8-19(27)21-10-12-30(28,29)25-11-9-16-5-3-4-6-18(16)25/h3-6,13H,7-12H2,1-2H3,(H,21,27). The van der Waals surface area contributed by atoms with Crippen molar-refractivity contribution in [1.29, 1.82) is 0 Å². The lowest BCUT2D eigenvalue weighted by Gasteiger charge is -2.19. The zero-order valence-electron chi connectivity index (χ0n) is 17.0. The fraction of sp³-hybridized carbons (Fsp3) is 0.400. The number of hydrogen-bond donors (Lipinski definition) is 1. The van der Waals surface area contributed by atoms with Gasteiger partial charge in [0.05, 0.1) is 11.4 Å². The van der Waals surface area contributed by atoms with Crippen LogP contribution in [0.15, 0.2) is 30.6 Å². The summed E-state index contributed by atoms with van der Waals surface area (Å²) in [5.74, 6) is 0.217. The third-order valence-electron chi connectivity index (χ3n) is 5.45. The lowest BCUT2D eigenvalue weighted by Crippen LogP contribution is -2.37. The van der Waals surface area contributed by atoms with Crippen molar-refractivity contribution in [3.05, 3.63) is 53.1 Å². The molecular weight excluding hydrogens is 404 g/mol. The van der Waals surface area contributed by atoms with E-state index in [1.165, 1.54) is 10.6 Å². The maximum Gasteiger partial charge on any atom is 0.252 e. The van der Waals surface area contributed by atoms with Crippen LogP contribution in [0.3, 0.4) is 0 Å². The summed E-state index contributed by atoms with van der Waals surface area (Å²) in [7, 11) is -3.48. The van der Waals surface area contributed by atoms with Gasteiger partial charge in [-0.2, -0.15) is 10.1 Å². The Labute approximate surface area is 175 Å². The molecule has 1 aliphatic heterocycles. The van der Waals surface area contributed by atoms with E-state index in [1.54, 1.807) is 4.52 Å². The first-order valence-electron chi connectivity index (χ1n) is 9.87. The van der Waals surface area contributed by atoms with Crippen LogP contribution in [0.4, 0.5) is 5.69 Å². The molecule has 30 heavy (non-hydrogen) atoms. The SMILES string of the molecule is Cc1nc2ncnn2c(C)c1CCC(=O)NCCS(=O)(=O)N1CCc2ccccc21. The van der Waals surface area contributed by atoms with Gasteiger partial charge in [-0.15, -0.1) is 0 Å². The number of carbonyl (C=O) groups excluding carboxylic acids is 1. The van der Waals surface area contributed by atoms with Crippen molar-refractivity contribution < 1.29 is 13.2 Å². The Morgan fingerprint density at radius 3 is 2.87 bits per heavy atom. The van der Waals surface area contributed by atoms with Crippen LogP contribution in [0.1, 0.15) is 28.9 Å². The minimum Gasteiger partial charge on any atom is -0.355 e. The maximum absolute atomic E-state index is 12.7. The van der Waals surface area contributed by atoms with Gasteiger partial charge in [0.1, 0.15) is 6.33 Å². The minimum atomic E-state index is -3.48. The fourth-order valence-electron chi connectivity index (χ4n) is 3.87. The first-order valence-corrected chi connectivity index (χ1v) is 11.5. The van der Waals surface area contributed by atoms with Crippen molar-refractivity contribution in [1.82, 2.24) is 24.9 Å². The van der Waals surface area contributed by atoms with E-state index in [9.17, 15) is 13.2 Å². The van der Waals surface area contributed by atoms with Crippen LogP contribution in [0, 0.1) is 13.8 Å². The van der Waals surface area contributed by atoms with Gasteiger partial charge in [-0.3, -0.25) is 9.10 Å². The molecule has 1 aromatic carbocycles. The first kappa shape index (κ1) is 20.3. The van der Waals surface area contributed by atoms with Gasteiger partial charge in [0.15, 0.2) is 0 Å². The number of sulfonamides is 1. The molecule has 1 amide bonds. The number of aryl methyl sites for hydroxylation is 2. The molecular formula is C20H24N6O3S. The molecule has 0 fully saturated rings. The van der Waals surface area contributed by atoms with E-state index in [0.29, 0.717) is 25.2 Å². The molecule has 0 atom stereocenters. The number of fused-ring (bicyclic) bond motifs is 2. The van der Waals surface area contributed by atoms with E-state index in [1.807, 2.05) is 38.1 Å². The number of aromatic nitrogens is 4. The van der Waals surface area contributed by atoms with Crippen LogP contribution in [-0.2, 0) is 27.7 Å². The van der Waals surface area contributed by atoms with Crippen molar-refractivity contribution >= 4 is 27.4 Å². The number of para-hydroxylation sites is 1. The van der Waals surface area contributed by atoms with Gasteiger partial charge in [-0.25, -0.2) is 17.9 Å². The molecule has 10 heteroatoms. The van der Waals surface area contributed by atoms with Crippen molar-refractivity contribution in [3.8, 4) is 0 Å². The summed E-state index contributed by atoms with van der Waals surface area (Å²) in [6.07, 6.45) is 2.91. The second-order valence-electron chi connectivity index (χ2n) is 7.35. The average Bonchev–Trinajstić information content (AvgIpc) is 3.34. The van der Waals surface area contributed by atoms with Gasteiger partial charge in [-0.1, -0.05) is 18.2 Å². The molecule has 158 valence electrons. The first-order chi connectivity index (χ1) is 14.4. The van der Waals surface area contributed by atoms with Crippen LogP contribution in [0.25, 0.3) is 5.78 Å². The third kappa shape index (κ3) is 3.87. The fourth-order valence-corrected chi connectivity index (χ4v) is 5.30. The van der Waals surface area contributed by atoms with E-state index in [-0.39, 0.29) is 24.6 Å². The second-order valence-corrected chi connectivity index (χ2v) is 9.36. The molecule has 0 bridgehead atoms. The normalized spacial score (nSPS) is 13.6. The summed E-state index contributed by atoms with van der Waals surface area (Å²) < 4.78 is 28.5. The molecule has 0 radical (unpaired) electrons. The van der Waals surface area contributed by atoms with E-state index in [4.69, 9.17) is 0 Å². The van der Waals surface area contributed by atoms with Crippen molar-refractivity contribution in [2.45, 2.75) is 33.1 Å². The summed E-state index contributed by atoms with van der Waals surface area (Å²) in [5, 5.41) is 6.88. The topological polar surface area (TPSA) is 110 Å². The van der Waals surface area contributed by atoms with E-state index < -0.39 is 10.0 Å². The Bertz CT molecular complexity index is 1200. The quantitative estimate of drug-likeness (QED) is 0.605. The van der Waals surface area contributed by atoms with E-state index >= 15 is 0 Å². The van der Waals surface area contributed by atoms with Crippen molar-refractivity contribution in [3.63, 3.8) is 0 Å². The lowest BCUT2D eigenvalue weighted by atomic mass is 10.1. The van der Waals surface area contributed by atoms with Crippen molar-refractivity contribution in [2.75, 3.05) is 23.1 Å². The van der Waals surface area contributed by atoms with Gasteiger partial charge in [-0.05, 0) is 43.9 Å². The molecule has 0 unspecified atom stereocenters. The highest BCUT2D eigenvalue weighted by molar-refractivity contribution is 7.92. The number of benzene rings is 1. The van der Waals surface area contributed by atoms with Gasteiger partial charge >= 0.3 is 0 Å². The molecule has 3 heterocycles. The number of nitrogens with zero attached hydrogens (tertiary/aromatic N) is 5. The Balaban J connectivity index is 1.32. The highest BCUT2D eigenvalue weighted by atomic mass is 32.2. The predicted molar refractivity (Wildman–Crippen MR) is 113 cm³/mol.